The predicted molar refractivity (Wildman–Crippen MR) is 102 cm³/mol. The van der Waals surface area contributed by atoms with Crippen molar-refractivity contribution in [2.45, 2.75) is 16.8 Å². The van der Waals surface area contributed by atoms with Gasteiger partial charge >= 0.3 is 0 Å². The van der Waals surface area contributed by atoms with Gasteiger partial charge in [0.15, 0.2) is 6.29 Å². The summed E-state index contributed by atoms with van der Waals surface area (Å²) in [5, 5.41) is 20.8. The second-order valence-corrected chi connectivity index (χ2v) is 6.71. The van der Waals surface area contributed by atoms with Crippen molar-refractivity contribution in [3.8, 4) is 17.3 Å². The normalized spacial score (nSPS) is 10.2. The van der Waals surface area contributed by atoms with E-state index in [1.54, 1.807) is 6.07 Å². The molecule has 0 N–H and O–H groups in total. The number of aldehydes is 1. The maximum absolute atomic E-state index is 11.4. The van der Waals surface area contributed by atoms with E-state index < -0.39 is 4.92 Å². The van der Waals surface area contributed by atoms with E-state index in [9.17, 15) is 20.2 Å². The summed E-state index contributed by atoms with van der Waals surface area (Å²) < 4.78 is 0. The Labute approximate surface area is 159 Å². The first-order valence-electron chi connectivity index (χ1n) is 7.92. The van der Waals surface area contributed by atoms with Gasteiger partial charge in [-0.05, 0) is 24.6 Å². The number of rotatable bonds is 5. The summed E-state index contributed by atoms with van der Waals surface area (Å²) in [6.45, 7) is 1.88. The summed E-state index contributed by atoms with van der Waals surface area (Å²) in [7, 11) is 0. The van der Waals surface area contributed by atoms with E-state index in [1.807, 2.05) is 37.3 Å². The summed E-state index contributed by atoms with van der Waals surface area (Å²) in [5.41, 5.74) is 2.92. The first-order chi connectivity index (χ1) is 13.0. The smallest absolute Gasteiger partial charge is 0.270 e. The minimum Gasteiger partial charge on any atom is -0.298 e. The maximum atomic E-state index is 11.4. The lowest BCUT2D eigenvalue weighted by Crippen LogP contribution is -1.96. The van der Waals surface area contributed by atoms with Crippen LogP contribution in [0.15, 0.2) is 64.5 Å². The zero-order valence-electron chi connectivity index (χ0n) is 14.2. The standard InChI is InChI=1S/C20H13N3O3S/c1-13-9-15(11-21)20(22-19(13)14-5-3-2-4-6-14)27-18-8-7-17(23(25)26)10-16(18)12-24/h2-10,12H,1H3. The molecule has 0 saturated carbocycles. The van der Waals surface area contributed by atoms with Crippen molar-refractivity contribution in [2.24, 2.45) is 0 Å². The molecule has 0 saturated heterocycles. The topological polar surface area (TPSA) is 96.9 Å². The van der Waals surface area contributed by atoms with E-state index in [0.717, 1.165) is 28.6 Å². The predicted octanol–water partition coefficient (Wildman–Crippen LogP) is 4.80. The highest BCUT2D eigenvalue weighted by atomic mass is 32.2. The molecule has 3 rings (SSSR count). The van der Waals surface area contributed by atoms with Gasteiger partial charge in [-0.3, -0.25) is 14.9 Å². The number of nitro groups is 1. The third kappa shape index (κ3) is 3.86. The molecule has 0 radical (unpaired) electrons. The molecule has 1 heterocycles. The zero-order chi connectivity index (χ0) is 19.4. The van der Waals surface area contributed by atoms with Gasteiger partial charge in [0.25, 0.3) is 5.69 Å². The highest BCUT2D eigenvalue weighted by Gasteiger charge is 2.16. The van der Waals surface area contributed by atoms with Gasteiger partial charge in [-0.15, -0.1) is 0 Å². The largest absolute Gasteiger partial charge is 0.298 e. The van der Waals surface area contributed by atoms with Crippen LogP contribution in [0.25, 0.3) is 11.3 Å². The Balaban J connectivity index is 2.08. The molecule has 0 amide bonds. The molecule has 2 aromatic carbocycles. The summed E-state index contributed by atoms with van der Waals surface area (Å²) in [6.07, 6.45) is 0.563. The van der Waals surface area contributed by atoms with E-state index in [4.69, 9.17) is 0 Å². The van der Waals surface area contributed by atoms with Crippen molar-refractivity contribution in [2.75, 3.05) is 0 Å². The first-order valence-corrected chi connectivity index (χ1v) is 8.73. The molecule has 0 aliphatic rings. The fourth-order valence-corrected chi connectivity index (χ4v) is 3.50. The second kappa shape index (κ2) is 7.81. The molecule has 0 aliphatic carbocycles. The molecule has 0 aliphatic heterocycles. The molecule has 3 aromatic rings. The number of nitro benzene ring substituents is 1. The molecule has 0 atom stereocenters. The Morgan fingerprint density at radius 2 is 1.93 bits per heavy atom. The van der Waals surface area contributed by atoms with E-state index in [-0.39, 0.29) is 11.3 Å². The Bertz CT molecular complexity index is 1080. The van der Waals surface area contributed by atoms with Crippen LogP contribution in [0.5, 0.6) is 0 Å². The second-order valence-electron chi connectivity index (χ2n) is 5.68. The summed E-state index contributed by atoms with van der Waals surface area (Å²) >= 11 is 1.14. The zero-order valence-corrected chi connectivity index (χ0v) is 15.1. The lowest BCUT2D eigenvalue weighted by Gasteiger charge is -2.11. The molecule has 6 nitrogen and oxygen atoms in total. The highest BCUT2D eigenvalue weighted by molar-refractivity contribution is 7.99. The molecule has 0 unspecified atom stereocenters. The Morgan fingerprint density at radius 3 is 2.56 bits per heavy atom. The van der Waals surface area contributed by atoms with Crippen molar-refractivity contribution in [1.82, 2.24) is 4.98 Å². The number of nitrogens with zero attached hydrogens (tertiary/aromatic N) is 3. The number of pyridine rings is 1. The average Bonchev–Trinajstić information content (AvgIpc) is 2.69. The van der Waals surface area contributed by atoms with Crippen LogP contribution in [-0.2, 0) is 0 Å². The molecule has 0 spiro atoms. The fraction of sp³-hybridized carbons (Fsp3) is 0.0500. The van der Waals surface area contributed by atoms with Crippen LogP contribution in [0.4, 0.5) is 5.69 Å². The Morgan fingerprint density at radius 1 is 1.19 bits per heavy atom. The Hall–Kier alpha value is -3.50. The minimum absolute atomic E-state index is 0.163. The van der Waals surface area contributed by atoms with Gasteiger partial charge in [0, 0.05) is 28.2 Å². The number of aromatic nitrogens is 1. The number of hydrogen-bond acceptors (Lipinski definition) is 6. The molecular weight excluding hydrogens is 362 g/mol. The monoisotopic (exact) mass is 375 g/mol. The molecule has 1 aromatic heterocycles. The van der Waals surface area contributed by atoms with Gasteiger partial charge in [-0.2, -0.15) is 5.26 Å². The van der Waals surface area contributed by atoms with Crippen LogP contribution in [0.3, 0.4) is 0 Å². The van der Waals surface area contributed by atoms with E-state index >= 15 is 0 Å². The molecule has 132 valence electrons. The number of non-ortho nitro benzene ring substituents is 1. The number of nitriles is 1. The van der Waals surface area contributed by atoms with Gasteiger partial charge < -0.3 is 0 Å². The van der Waals surface area contributed by atoms with Crippen molar-refractivity contribution in [3.63, 3.8) is 0 Å². The fourth-order valence-electron chi connectivity index (χ4n) is 2.58. The quantitative estimate of drug-likeness (QED) is 0.361. The third-order valence-electron chi connectivity index (χ3n) is 3.88. The van der Waals surface area contributed by atoms with Gasteiger partial charge in [0.05, 0.1) is 16.2 Å². The lowest BCUT2D eigenvalue weighted by atomic mass is 10.1. The van der Waals surface area contributed by atoms with Crippen molar-refractivity contribution in [3.05, 3.63) is 81.4 Å². The molecule has 0 fully saturated rings. The highest BCUT2D eigenvalue weighted by Crippen LogP contribution is 2.35. The van der Waals surface area contributed by atoms with Gasteiger partial charge in [0.2, 0.25) is 0 Å². The maximum Gasteiger partial charge on any atom is 0.270 e. The van der Waals surface area contributed by atoms with Crippen LogP contribution in [0.2, 0.25) is 0 Å². The number of benzene rings is 2. The van der Waals surface area contributed by atoms with E-state index in [2.05, 4.69) is 11.1 Å². The van der Waals surface area contributed by atoms with Crippen LogP contribution in [0, 0.1) is 28.4 Å². The molecule has 7 heteroatoms. The van der Waals surface area contributed by atoms with Crippen molar-refractivity contribution < 1.29 is 9.72 Å². The average molecular weight is 375 g/mol. The number of carbonyl (C=O) groups excluding carboxylic acids is 1. The minimum atomic E-state index is -0.556. The van der Waals surface area contributed by atoms with Crippen LogP contribution >= 0.6 is 11.8 Å². The third-order valence-corrected chi connectivity index (χ3v) is 4.98. The van der Waals surface area contributed by atoms with Gasteiger partial charge in [0.1, 0.15) is 11.1 Å². The summed E-state index contributed by atoms with van der Waals surface area (Å²) in [5.74, 6) is 0. The van der Waals surface area contributed by atoms with Gasteiger partial charge in [-0.1, -0.05) is 42.1 Å². The van der Waals surface area contributed by atoms with E-state index in [1.165, 1.54) is 18.2 Å². The lowest BCUT2D eigenvalue weighted by molar-refractivity contribution is -0.384. The van der Waals surface area contributed by atoms with Crippen molar-refractivity contribution in [1.29, 1.82) is 5.26 Å². The van der Waals surface area contributed by atoms with Gasteiger partial charge in [-0.25, -0.2) is 4.98 Å². The van der Waals surface area contributed by atoms with Crippen LogP contribution < -0.4 is 0 Å². The number of carbonyl (C=O) groups is 1. The van der Waals surface area contributed by atoms with Crippen LogP contribution in [0.1, 0.15) is 21.5 Å². The van der Waals surface area contributed by atoms with Crippen molar-refractivity contribution >= 4 is 23.7 Å². The molecular formula is C20H13N3O3S. The summed E-state index contributed by atoms with van der Waals surface area (Å²) in [4.78, 5) is 26.9. The number of hydrogen-bond donors (Lipinski definition) is 0. The molecule has 0 bridgehead atoms. The van der Waals surface area contributed by atoms with Crippen LogP contribution in [-0.4, -0.2) is 16.2 Å². The summed E-state index contributed by atoms with van der Waals surface area (Å²) in [6, 6.07) is 17.5. The molecule has 27 heavy (non-hydrogen) atoms. The SMILES string of the molecule is Cc1cc(C#N)c(Sc2ccc([N+](=O)[O-])cc2C=O)nc1-c1ccccc1. The Kier molecular flexibility index (Phi) is 5.29. The number of aryl methyl sites for hydroxylation is 1. The van der Waals surface area contributed by atoms with E-state index in [0.29, 0.717) is 21.8 Å². The first kappa shape index (κ1) is 18.3.